The molecule has 1 heterocycles. The van der Waals surface area contributed by atoms with E-state index < -0.39 is 9.93 Å². The summed E-state index contributed by atoms with van der Waals surface area (Å²) in [4.78, 5) is 0. The Labute approximate surface area is 116 Å². The lowest BCUT2D eigenvalue weighted by molar-refractivity contribution is 0.480. The molecule has 1 aliphatic heterocycles. The first-order valence-electron chi connectivity index (χ1n) is 6.44. The summed E-state index contributed by atoms with van der Waals surface area (Å²) in [6, 6.07) is 0. The topological polar surface area (TPSA) is 79.0 Å². The van der Waals surface area contributed by atoms with E-state index in [2.05, 4.69) is 26.1 Å². The van der Waals surface area contributed by atoms with Crippen LogP contribution in [0.5, 0.6) is 0 Å². The van der Waals surface area contributed by atoms with Gasteiger partial charge < -0.3 is 11.1 Å². The number of hydrogen-bond acceptors (Lipinski definition) is 4. The third-order valence-electron chi connectivity index (χ3n) is 3.44. The fourth-order valence-electron chi connectivity index (χ4n) is 1.83. The van der Waals surface area contributed by atoms with Gasteiger partial charge in [-0.3, -0.25) is 9.62 Å². The normalized spacial score (nSPS) is 20.6. The minimum Gasteiger partial charge on any atom is -0.395 e. The summed E-state index contributed by atoms with van der Waals surface area (Å²) in [6.07, 6.45) is 8.84. The molecule has 108 valence electrons. The van der Waals surface area contributed by atoms with E-state index in [1.807, 2.05) is 12.2 Å². The zero-order chi connectivity index (χ0) is 14.8. The van der Waals surface area contributed by atoms with E-state index in [-0.39, 0.29) is 10.7 Å². The first kappa shape index (κ1) is 15.7. The molecule has 0 fully saturated rings. The van der Waals surface area contributed by atoms with Gasteiger partial charge in [0.15, 0.2) is 0 Å². The molecule has 1 rings (SSSR count). The third-order valence-corrected chi connectivity index (χ3v) is 4.76. The molecule has 0 aromatic rings. The Balaban J connectivity index is 3.24. The third kappa shape index (κ3) is 3.56. The zero-order valence-corrected chi connectivity index (χ0v) is 13.2. The number of nitrogens with one attached hydrogen (secondary N) is 2. The molecular weight excluding hydrogens is 258 g/mol. The van der Waals surface area contributed by atoms with Crippen molar-refractivity contribution in [3.63, 3.8) is 0 Å². The predicted octanol–water partition coefficient (Wildman–Crippen LogP) is 1.75. The molecule has 1 atom stereocenters. The highest BCUT2D eigenvalue weighted by Crippen LogP contribution is 2.28. The number of rotatable bonds is 3. The van der Waals surface area contributed by atoms with Crippen LogP contribution in [0.15, 0.2) is 35.3 Å². The second kappa shape index (κ2) is 5.74. The van der Waals surface area contributed by atoms with Crippen molar-refractivity contribution in [1.29, 1.82) is 5.41 Å². The summed E-state index contributed by atoms with van der Waals surface area (Å²) in [5.41, 5.74) is 8.12. The zero-order valence-electron chi connectivity index (χ0n) is 12.3. The van der Waals surface area contributed by atoms with E-state index in [9.17, 15) is 4.21 Å². The minimum atomic E-state index is -2.65. The summed E-state index contributed by atoms with van der Waals surface area (Å²) < 4.78 is 12.0. The van der Waals surface area contributed by atoms with Crippen molar-refractivity contribution in [1.82, 2.24) is 5.32 Å². The van der Waals surface area contributed by atoms with Crippen LogP contribution in [0.2, 0.25) is 0 Å². The predicted molar refractivity (Wildman–Crippen MR) is 84.7 cm³/mol. The van der Waals surface area contributed by atoms with Crippen molar-refractivity contribution in [3.8, 4) is 0 Å². The molecule has 0 aliphatic carbocycles. The maximum absolute atomic E-state index is 12.0. The van der Waals surface area contributed by atoms with Crippen molar-refractivity contribution in [3.05, 3.63) is 35.3 Å². The van der Waals surface area contributed by atoms with Gasteiger partial charge in [-0.25, -0.2) is 0 Å². The van der Waals surface area contributed by atoms with Crippen LogP contribution in [0.4, 0.5) is 0 Å². The molecule has 0 amide bonds. The number of dihydropyridines is 1. The number of hydrogen-bond donors (Lipinski definition) is 4. The largest absolute Gasteiger partial charge is 0.395 e. The lowest BCUT2D eigenvalue weighted by Gasteiger charge is -2.26. The fraction of sp³-hybridized carbons (Fsp3) is 0.500. The Bertz CT molecular complexity index is 509. The van der Waals surface area contributed by atoms with E-state index in [0.717, 1.165) is 11.3 Å². The number of nitrogens with two attached hydrogens (primary N) is 1. The average molecular weight is 283 g/mol. The van der Waals surface area contributed by atoms with Gasteiger partial charge in [-0.1, -0.05) is 36.8 Å². The standard InChI is InChI=1S/C14H25N3OS/c1-9(2)10(3)11-7-6-8-17-13(11)12(15)14(16)19(4,5)18/h6-10,16-17,19H,15H2,1-5H3/b13-12+,16-14?. The second-order valence-corrected chi connectivity index (χ2v) is 8.80. The van der Waals surface area contributed by atoms with E-state index in [1.54, 1.807) is 18.7 Å². The van der Waals surface area contributed by atoms with Crippen LogP contribution < -0.4 is 11.1 Å². The summed E-state index contributed by atoms with van der Waals surface area (Å²) in [5.74, 6) is 0.776. The molecule has 19 heavy (non-hydrogen) atoms. The molecule has 0 aromatic carbocycles. The van der Waals surface area contributed by atoms with Gasteiger partial charge in [0.05, 0.1) is 11.4 Å². The first-order valence-corrected chi connectivity index (χ1v) is 9.04. The smallest absolute Gasteiger partial charge is 0.119 e. The van der Waals surface area contributed by atoms with Gasteiger partial charge in [-0.15, -0.1) is 0 Å². The highest BCUT2D eigenvalue weighted by atomic mass is 32.2. The summed E-state index contributed by atoms with van der Waals surface area (Å²) in [6.45, 7) is 6.42. The second-order valence-electron chi connectivity index (χ2n) is 5.65. The maximum Gasteiger partial charge on any atom is 0.119 e. The Morgan fingerprint density at radius 3 is 2.42 bits per heavy atom. The van der Waals surface area contributed by atoms with Crippen LogP contribution in [0.3, 0.4) is 0 Å². The first-order chi connectivity index (χ1) is 8.66. The van der Waals surface area contributed by atoms with Gasteiger partial charge in [-0.05, 0) is 36.0 Å². The van der Waals surface area contributed by atoms with Gasteiger partial charge in [-0.2, -0.15) is 0 Å². The molecular formula is C14H25N3OS. The van der Waals surface area contributed by atoms with E-state index in [1.165, 1.54) is 0 Å². The van der Waals surface area contributed by atoms with Crippen molar-refractivity contribution < 1.29 is 4.21 Å². The van der Waals surface area contributed by atoms with Gasteiger partial charge in [0.25, 0.3) is 0 Å². The van der Waals surface area contributed by atoms with Crippen molar-refractivity contribution in [2.45, 2.75) is 20.8 Å². The molecule has 0 spiro atoms. The van der Waals surface area contributed by atoms with Gasteiger partial charge in [0, 0.05) is 6.20 Å². The van der Waals surface area contributed by atoms with Crippen LogP contribution >= 0.6 is 0 Å². The maximum atomic E-state index is 12.0. The highest BCUT2D eigenvalue weighted by Gasteiger charge is 2.23. The highest BCUT2D eigenvalue weighted by molar-refractivity contribution is 8.16. The fourth-order valence-corrected chi connectivity index (χ4v) is 2.52. The van der Waals surface area contributed by atoms with Crippen LogP contribution in [0.1, 0.15) is 20.8 Å². The molecule has 5 heteroatoms. The van der Waals surface area contributed by atoms with E-state index >= 15 is 0 Å². The van der Waals surface area contributed by atoms with E-state index in [4.69, 9.17) is 11.1 Å². The van der Waals surface area contributed by atoms with Crippen LogP contribution in [-0.4, -0.2) is 21.8 Å². The monoisotopic (exact) mass is 283 g/mol. The Hall–Kier alpha value is -1.36. The quantitative estimate of drug-likeness (QED) is 0.362. The lowest BCUT2D eigenvalue weighted by Crippen LogP contribution is -2.31. The molecule has 4 nitrogen and oxygen atoms in total. The Morgan fingerprint density at radius 2 is 1.95 bits per heavy atom. The molecule has 1 unspecified atom stereocenters. The van der Waals surface area contributed by atoms with Crippen LogP contribution in [0, 0.1) is 17.2 Å². The van der Waals surface area contributed by atoms with E-state index in [0.29, 0.717) is 11.8 Å². The van der Waals surface area contributed by atoms with Crippen molar-refractivity contribution in [2.75, 3.05) is 12.5 Å². The van der Waals surface area contributed by atoms with Gasteiger partial charge in [0.2, 0.25) is 0 Å². The van der Waals surface area contributed by atoms with Crippen molar-refractivity contribution >= 4 is 15.0 Å². The number of allylic oxidation sites excluding steroid dienone is 3. The molecule has 0 radical (unpaired) electrons. The lowest BCUT2D eigenvalue weighted by atomic mass is 9.86. The molecule has 0 aromatic heterocycles. The van der Waals surface area contributed by atoms with Gasteiger partial charge in [0.1, 0.15) is 5.04 Å². The summed E-state index contributed by atoms with van der Waals surface area (Å²) >= 11 is 0. The minimum absolute atomic E-state index is 0.0344. The molecule has 0 saturated heterocycles. The molecule has 0 saturated carbocycles. The molecule has 4 N–H and O–H groups in total. The summed E-state index contributed by atoms with van der Waals surface area (Å²) in [5, 5.41) is 11.1. The number of thiol groups is 1. The Kier molecular flexibility index (Phi) is 4.74. The molecule has 0 bridgehead atoms. The SMILES string of the molecule is CC(C)C(C)C1=CC=CN/C1=C(/N)C(=N)[SH](C)(C)=O. The van der Waals surface area contributed by atoms with Crippen LogP contribution in [0.25, 0.3) is 0 Å². The van der Waals surface area contributed by atoms with Crippen molar-refractivity contribution in [2.24, 2.45) is 17.6 Å². The summed E-state index contributed by atoms with van der Waals surface area (Å²) in [7, 11) is -2.65. The van der Waals surface area contributed by atoms with Gasteiger partial charge >= 0.3 is 0 Å². The average Bonchev–Trinajstić information content (AvgIpc) is 2.34. The van der Waals surface area contributed by atoms with Crippen LogP contribution in [-0.2, 0) is 9.93 Å². The molecule has 1 aliphatic rings. The Morgan fingerprint density at radius 1 is 1.37 bits per heavy atom.